The SMILES string of the molecule is COc1ccc(C2=C(O)C(=O)N(c3cc(Cl)ccc3OC)C2=O)cc1. The first-order valence-corrected chi connectivity index (χ1v) is 7.65. The number of hydrogen-bond donors (Lipinski definition) is 1. The molecule has 2 aromatic carbocycles. The average molecular weight is 360 g/mol. The van der Waals surface area contributed by atoms with Crippen molar-refractivity contribution in [3.8, 4) is 11.5 Å². The number of imide groups is 1. The molecule has 1 aliphatic rings. The lowest BCUT2D eigenvalue weighted by Gasteiger charge is -2.18. The van der Waals surface area contributed by atoms with Crippen LogP contribution in [0.5, 0.6) is 11.5 Å². The van der Waals surface area contributed by atoms with Crippen molar-refractivity contribution >= 4 is 34.7 Å². The Morgan fingerprint density at radius 1 is 0.960 bits per heavy atom. The Morgan fingerprint density at radius 2 is 1.64 bits per heavy atom. The van der Waals surface area contributed by atoms with E-state index in [1.54, 1.807) is 36.4 Å². The van der Waals surface area contributed by atoms with Crippen molar-refractivity contribution in [3.63, 3.8) is 0 Å². The molecule has 0 atom stereocenters. The first-order chi connectivity index (χ1) is 12.0. The Balaban J connectivity index is 2.06. The van der Waals surface area contributed by atoms with Crippen LogP contribution in [0.25, 0.3) is 5.57 Å². The summed E-state index contributed by atoms with van der Waals surface area (Å²) in [6, 6.07) is 11.0. The van der Waals surface area contributed by atoms with Crippen LogP contribution in [0, 0.1) is 0 Å². The van der Waals surface area contributed by atoms with E-state index in [1.165, 1.54) is 20.3 Å². The van der Waals surface area contributed by atoms with Gasteiger partial charge in [-0.1, -0.05) is 23.7 Å². The highest BCUT2D eigenvalue weighted by Crippen LogP contribution is 2.38. The minimum absolute atomic E-state index is 0.0883. The van der Waals surface area contributed by atoms with Crippen LogP contribution in [0.3, 0.4) is 0 Å². The number of amides is 2. The standard InChI is InChI=1S/C18H14ClNO5/c1-24-12-6-3-10(4-7-12)15-16(21)18(23)20(17(15)22)13-9-11(19)5-8-14(13)25-2/h3-9,21H,1-2H3. The molecule has 0 unspecified atom stereocenters. The molecule has 1 N–H and O–H groups in total. The van der Waals surface area contributed by atoms with Gasteiger partial charge in [-0.25, -0.2) is 4.90 Å². The van der Waals surface area contributed by atoms with Crippen LogP contribution < -0.4 is 14.4 Å². The maximum Gasteiger partial charge on any atom is 0.301 e. The average Bonchev–Trinajstić information content (AvgIpc) is 2.84. The highest BCUT2D eigenvalue weighted by molar-refractivity contribution is 6.45. The van der Waals surface area contributed by atoms with E-state index in [2.05, 4.69) is 0 Å². The van der Waals surface area contributed by atoms with Gasteiger partial charge in [0.2, 0.25) is 0 Å². The molecule has 3 rings (SSSR count). The van der Waals surface area contributed by atoms with Gasteiger partial charge in [0.1, 0.15) is 11.5 Å². The number of carbonyl (C=O) groups is 2. The summed E-state index contributed by atoms with van der Waals surface area (Å²) in [4.78, 5) is 26.1. The Morgan fingerprint density at radius 3 is 2.24 bits per heavy atom. The van der Waals surface area contributed by atoms with Gasteiger partial charge in [-0.05, 0) is 35.9 Å². The number of aliphatic hydroxyl groups excluding tert-OH is 1. The lowest BCUT2D eigenvalue weighted by Crippen LogP contribution is -2.31. The topological polar surface area (TPSA) is 76.1 Å². The van der Waals surface area contributed by atoms with E-state index >= 15 is 0 Å². The number of aliphatic hydroxyl groups is 1. The highest BCUT2D eigenvalue weighted by Gasteiger charge is 2.41. The number of halogens is 1. The first kappa shape index (κ1) is 16.9. The molecule has 0 spiro atoms. The molecule has 25 heavy (non-hydrogen) atoms. The minimum atomic E-state index is -0.837. The molecule has 2 amide bonds. The van der Waals surface area contributed by atoms with Gasteiger partial charge in [0.25, 0.3) is 5.91 Å². The van der Waals surface area contributed by atoms with E-state index in [9.17, 15) is 14.7 Å². The summed E-state index contributed by atoms with van der Waals surface area (Å²) >= 11 is 5.98. The van der Waals surface area contributed by atoms with Gasteiger partial charge in [-0.2, -0.15) is 0 Å². The van der Waals surface area contributed by atoms with Crippen LogP contribution in [-0.2, 0) is 9.59 Å². The molecular formula is C18H14ClNO5. The Labute approximate surface area is 148 Å². The number of anilines is 1. The molecule has 0 aliphatic carbocycles. The van der Waals surface area contributed by atoms with Gasteiger partial charge in [0.15, 0.2) is 5.76 Å². The molecule has 6 nitrogen and oxygen atoms in total. The number of benzene rings is 2. The molecule has 1 aliphatic heterocycles. The summed E-state index contributed by atoms with van der Waals surface area (Å²) in [5, 5.41) is 10.6. The molecule has 2 aromatic rings. The normalized spacial score (nSPS) is 14.3. The van der Waals surface area contributed by atoms with Crippen molar-refractivity contribution in [2.45, 2.75) is 0 Å². The summed E-state index contributed by atoms with van der Waals surface area (Å²) in [5.41, 5.74) is 0.481. The second-order valence-electron chi connectivity index (χ2n) is 5.21. The molecule has 0 radical (unpaired) electrons. The fourth-order valence-electron chi connectivity index (χ4n) is 2.59. The van der Waals surface area contributed by atoms with Crippen molar-refractivity contribution < 1.29 is 24.2 Å². The van der Waals surface area contributed by atoms with E-state index in [0.29, 0.717) is 16.3 Å². The zero-order chi connectivity index (χ0) is 18.1. The summed E-state index contributed by atoms with van der Waals surface area (Å²) in [5.74, 6) is -1.24. The monoisotopic (exact) mass is 359 g/mol. The lowest BCUT2D eigenvalue weighted by atomic mass is 10.1. The van der Waals surface area contributed by atoms with Crippen LogP contribution in [-0.4, -0.2) is 31.1 Å². The number of carbonyl (C=O) groups excluding carboxylic acids is 2. The molecule has 0 bridgehead atoms. The van der Waals surface area contributed by atoms with Gasteiger partial charge in [0.05, 0.1) is 25.5 Å². The smallest absolute Gasteiger partial charge is 0.301 e. The maximum absolute atomic E-state index is 12.8. The third-order valence-corrected chi connectivity index (χ3v) is 4.06. The third kappa shape index (κ3) is 2.81. The second-order valence-corrected chi connectivity index (χ2v) is 5.65. The Hall–Kier alpha value is -2.99. The largest absolute Gasteiger partial charge is 0.502 e. The number of methoxy groups -OCH3 is 2. The van der Waals surface area contributed by atoms with Gasteiger partial charge in [0, 0.05) is 5.02 Å². The van der Waals surface area contributed by atoms with Gasteiger partial charge in [-0.3, -0.25) is 9.59 Å². The third-order valence-electron chi connectivity index (χ3n) is 3.82. The molecule has 0 saturated heterocycles. The summed E-state index contributed by atoms with van der Waals surface area (Å²) in [6.07, 6.45) is 0. The number of rotatable bonds is 4. The van der Waals surface area contributed by atoms with Crippen LogP contribution in [0.4, 0.5) is 5.69 Å². The van der Waals surface area contributed by atoms with E-state index in [0.717, 1.165) is 4.90 Å². The van der Waals surface area contributed by atoms with Crippen molar-refractivity contribution in [2.75, 3.05) is 19.1 Å². The Bertz CT molecular complexity index is 889. The second kappa shape index (κ2) is 6.49. The predicted molar refractivity (Wildman–Crippen MR) is 93.0 cm³/mol. The van der Waals surface area contributed by atoms with Crippen molar-refractivity contribution in [1.29, 1.82) is 0 Å². The molecule has 1 heterocycles. The van der Waals surface area contributed by atoms with Crippen molar-refractivity contribution in [2.24, 2.45) is 0 Å². The fourth-order valence-corrected chi connectivity index (χ4v) is 2.76. The summed E-state index contributed by atoms with van der Waals surface area (Å²) in [7, 11) is 2.93. The van der Waals surface area contributed by atoms with Crippen molar-refractivity contribution in [1.82, 2.24) is 0 Å². The zero-order valence-electron chi connectivity index (χ0n) is 13.4. The van der Waals surface area contributed by atoms with E-state index in [-0.39, 0.29) is 17.0 Å². The first-order valence-electron chi connectivity index (χ1n) is 7.28. The highest BCUT2D eigenvalue weighted by atomic mass is 35.5. The van der Waals surface area contributed by atoms with Crippen LogP contribution >= 0.6 is 11.6 Å². The number of hydrogen-bond acceptors (Lipinski definition) is 5. The molecule has 0 fully saturated rings. The molecule has 0 aromatic heterocycles. The quantitative estimate of drug-likeness (QED) is 0.848. The number of nitrogens with zero attached hydrogens (tertiary/aromatic N) is 1. The molecular weight excluding hydrogens is 346 g/mol. The van der Waals surface area contributed by atoms with Crippen LogP contribution in [0.1, 0.15) is 5.56 Å². The van der Waals surface area contributed by atoms with Crippen molar-refractivity contribution in [3.05, 3.63) is 58.8 Å². The van der Waals surface area contributed by atoms with E-state index < -0.39 is 17.6 Å². The fraction of sp³-hybridized carbons (Fsp3) is 0.111. The maximum atomic E-state index is 12.8. The molecule has 128 valence electrons. The minimum Gasteiger partial charge on any atom is -0.502 e. The van der Waals surface area contributed by atoms with Gasteiger partial charge >= 0.3 is 5.91 Å². The summed E-state index contributed by atoms with van der Waals surface area (Å²) < 4.78 is 10.3. The van der Waals surface area contributed by atoms with Crippen LogP contribution in [0.2, 0.25) is 5.02 Å². The van der Waals surface area contributed by atoms with Crippen LogP contribution in [0.15, 0.2) is 48.2 Å². The lowest BCUT2D eigenvalue weighted by molar-refractivity contribution is -0.121. The van der Waals surface area contributed by atoms with E-state index in [4.69, 9.17) is 21.1 Å². The Kier molecular flexibility index (Phi) is 4.37. The predicted octanol–water partition coefficient (Wildman–Crippen LogP) is 3.20. The zero-order valence-corrected chi connectivity index (χ0v) is 14.2. The van der Waals surface area contributed by atoms with Gasteiger partial charge in [-0.15, -0.1) is 0 Å². The number of ether oxygens (including phenoxy) is 2. The summed E-state index contributed by atoms with van der Waals surface area (Å²) in [6.45, 7) is 0. The molecule has 7 heteroatoms. The van der Waals surface area contributed by atoms with Gasteiger partial charge < -0.3 is 14.6 Å². The van der Waals surface area contributed by atoms with E-state index in [1.807, 2.05) is 0 Å². The molecule has 0 saturated carbocycles.